The SMILES string of the molecule is CCc1nsc(N2CCN(C(=NC)NCc3ncc(-c4ccccc4)[nH]3)CC2)n1. The third-order valence-electron chi connectivity index (χ3n) is 4.96. The summed E-state index contributed by atoms with van der Waals surface area (Å²) in [6, 6.07) is 10.2. The number of nitrogens with zero attached hydrogens (tertiary/aromatic N) is 6. The second-order valence-corrected chi connectivity index (χ2v) is 7.56. The molecule has 29 heavy (non-hydrogen) atoms. The van der Waals surface area contributed by atoms with Crippen molar-refractivity contribution in [1.29, 1.82) is 0 Å². The fourth-order valence-corrected chi connectivity index (χ4v) is 4.14. The lowest BCUT2D eigenvalue weighted by molar-refractivity contribution is 0.372. The van der Waals surface area contributed by atoms with E-state index in [0.717, 1.165) is 66.6 Å². The second kappa shape index (κ2) is 9.04. The molecule has 3 heterocycles. The van der Waals surface area contributed by atoms with E-state index in [4.69, 9.17) is 0 Å². The predicted octanol–water partition coefficient (Wildman–Crippen LogP) is 2.39. The summed E-state index contributed by atoms with van der Waals surface area (Å²) in [6.07, 6.45) is 2.76. The van der Waals surface area contributed by atoms with E-state index in [1.165, 1.54) is 11.5 Å². The van der Waals surface area contributed by atoms with E-state index in [9.17, 15) is 0 Å². The Morgan fingerprint density at radius 3 is 2.69 bits per heavy atom. The van der Waals surface area contributed by atoms with Crippen molar-refractivity contribution < 1.29 is 0 Å². The zero-order chi connectivity index (χ0) is 20.1. The number of anilines is 1. The topological polar surface area (TPSA) is 85.3 Å². The van der Waals surface area contributed by atoms with Crippen LogP contribution in [-0.2, 0) is 13.0 Å². The zero-order valence-electron chi connectivity index (χ0n) is 16.8. The molecule has 2 aromatic heterocycles. The highest BCUT2D eigenvalue weighted by Crippen LogP contribution is 2.19. The molecule has 4 rings (SSSR count). The lowest BCUT2D eigenvalue weighted by atomic mass is 10.2. The fraction of sp³-hybridized carbons (Fsp3) is 0.400. The first kappa shape index (κ1) is 19.4. The van der Waals surface area contributed by atoms with E-state index in [2.05, 4.69) is 58.5 Å². The number of guanidine groups is 1. The number of hydrogen-bond donors (Lipinski definition) is 2. The normalized spacial score (nSPS) is 15.0. The van der Waals surface area contributed by atoms with Crippen molar-refractivity contribution in [1.82, 2.24) is 29.5 Å². The number of nitrogens with one attached hydrogen (secondary N) is 2. The van der Waals surface area contributed by atoms with Gasteiger partial charge in [-0.2, -0.15) is 4.37 Å². The molecule has 2 N–H and O–H groups in total. The van der Waals surface area contributed by atoms with Gasteiger partial charge in [-0.05, 0) is 5.56 Å². The largest absolute Gasteiger partial charge is 0.349 e. The van der Waals surface area contributed by atoms with E-state index in [1.807, 2.05) is 31.4 Å². The van der Waals surface area contributed by atoms with Crippen LogP contribution in [0.15, 0.2) is 41.5 Å². The summed E-state index contributed by atoms with van der Waals surface area (Å²) in [5.41, 5.74) is 2.16. The number of benzene rings is 1. The minimum absolute atomic E-state index is 0.607. The average molecular weight is 411 g/mol. The average Bonchev–Trinajstić information content (AvgIpc) is 3.45. The maximum absolute atomic E-state index is 4.60. The van der Waals surface area contributed by atoms with Gasteiger partial charge in [0.2, 0.25) is 5.13 Å². The first-order valence-electron chi connectivity index (χ1n) is 9.89. The number of aryl methyl sites for hydroxylation is 1. The van der Waals surface area contributed by atoms with Gasteiger partial charge in [0.15, 0.2) is 5.96 Å². The minimum atomic E-state index is 0.607. The molecular weight excluding hydrogens is 384 g/mol. The number of aliphatic imine (C=N–C) groups is 1. The molecule has 152 valence electrons. The summed E-state index contributed by atoms with van der Waals surface area (Å²) < 4.78 is 4.40. The highest BCUT2D eigenvalue weighted by Gasteiger charge is 2.22. The molecule has 0 aliphatic carbocycles. The fourth-order valence-electron chi connectivity index (χ4n) is 3.34. The van der Waals surface area contributed by atoms with Gasteiger partial charge < -0.3 is 20.1 Å². The molecule has 3 aromatic rings. The lowest BCUT2D eigenvalue weighted by Crippen LogP contribution is -2.52. The van der Waals surface area contributed by atoms with Crippen molar-refractivity contribution in [3.8, 4) is 11.3 Å². The van der Waals surface area contributed by atoms with Crippen LogP contribution in [0, 0.1) is 0 Å². The van der Waals surface area contributed by atoms with E-state index in [-0.39, 0.29) is 0 Å². The number of aromatic nitrogens is 4. The smallest absolute Gasteiger partial charge is 0.205 e. The van der Waals surface area contributed by atoms with Crippen LogP contribution in [0.3, 0.4) is 0 Å². The Bertz CT molecular complexity index is 940. The van der Waals surface area contributed by atoms with Crippen LogP contribution in [-0.4, -0.2) is 63.4 Å². The van der Waals surface area contributed by atoms with E-state index in [1.54, 1.807) is 0 Å². The maximum Gasteiger partial charge on any atom is 0.205 e. The van der Waals surface area contributed by atoms with Crippen molar-refractivity contribution in [2.24, 2.45) is 4.99 Å². The standard InChI is InChI=1S/C20H26N8S/c1-3-17-25-20(29-26-17)28-11-9-27(10-12-28)19(21-2)23-14-18-22-13-16(24-18)15-7-5-4-6-8-15/h4-8,13H,3,9-12,14H2,1-2H3,(H,21,23)(H,22,24). The van der Waals surface area contributed by atoms with Crippen LogP contribution in [0.1, 0.15) is 18.6 Å². The molecule has 0 amide bonds. The Labute approximate surface area is 174 Å². The molecule has 1 aliphatic heterocycles. The molecule has 0 saturated carbocycles. The van der Waals surface area contributed by atoms with Crippen molar-refractivity contribution in [2.75, 3.05) is 38.1 Å². The van der Waals surface area contributed by atoms with Crippen LogP contribution < -0.4 is 10.2 Å². The van der Waals surface area contributed by atoms with Gasteiger partial charge in [-0.3, -0.25) is 4.99 Å². The number of imidazole rings is 1. The summed E-state index contributed by atoms with van der Waals surface area (Å²) in [4.78, 5) is 21.5. The van der Waals surface area contributed by atoms with Crippen LogP contribution in [0.5, 0.6) is 0 Å². The van der Waals surface area contributed by atoms with Crippen molar-refractivity contribution in [3.05, 3.63) is 48.2 Å². The molecule has 0 unspecified atom stereocenters. The van der Waals surface area contributed by atoms with Gasteiger partial charge in [0, 0.05) is 51.2 Å². The molecule has 0 bridgehead atoms. The van der Waals surface area contributed by atoms with E-state index in [0.29, 0.717) is 6.54 Å². The van der Waals surface area contributed by atoms with Crippen LogP contribution >= 0.6 is 11.5 Å². The summed E-state index contributed by atoms with van der Waals surface area (Å²) >= 11 is 1.49. The Balaban J connectivity index is 1.31. The lowest BCUT2D eigenvalue weighted by Gasteiger charge is -2.36. The van der Waals surface area contributed by atoms with Gasteiger partial charge in [-0.15, -0.1) is 0 Å². The monoisotopic (exact) mass is 410 g/mol. The Hall–Kier alpha value is -2.94. The van der Waals surface area contributed by atoms with E-state index >= 15 is 0 Å². The van der Waals surface area contributed by atoms with Gasteiger partial charge in [-0.25, -0.2) is 9.97 Å². The zero-order valence-corrected chi connectivity index (χ0v) is 17.6. The second-order valence-electron chi connectivity index (χ2n) is 6.83. The third kappa shape index (κ3) is 4.56. The number of rotatable bonds is 5. The van der Waals surface area contributed by atoms with Gasteiger partial charge in [-0.1, -0.05) is 37.3 Å². The molecule has 9 heteroatoms. The number of aromatic amines is 1. The van der Waals surface area contributed by atoms with Crippen LogP contribution in [0.4, 0.5) is 5.13 Å². The Kier molecular flexibility index (Phi) is 6.04. The highest BCUT2D eigenvalue weighted by molar-refractivity contribution is 7.09. The molecule has 0 spiro atoms. The van der Waals surface area contributed by atoms with E-state index < -0.39 is 0 Å². The van der Waals surface area contributed by atoms with Crippen molar-refractivity contribution in [3.63, 3.8) is 0 Å². The third-order valence-corrected chi connectivity index (χ3v) is 5.78. The minimum Gasteiger partial charge on any atom is -0.349 e. The van der Waals surface area contributed by atoms with Crippen molar-refractivity contribution in [2.45, 2.75) is 19.9 Å². The van der Waals surface area contributed by atoms with Gasteiger partial charge in [0.1, 0.15) is 11.6 Å². The first-order valence-corrected chi connectivity index (χ1v) is 10.7. The number of H-pyrrole nitrogens is 1. The first-order chi connectivity index (χ1) is 14.3. The van der Waals surface area contributed by atoms with Crippen LogP contribution in [0.25, 0.3) is 11.3 Å². The molecule has 1 saturated heterocycles. The van der Waals surface area contributed by atoms with Gasteiger partial charge >= 0.3 is 0 Å². The molecule has 0 radical (unpaired) electrons. The predicted molar refractivity (Wildman–Crippen MR) is 117 cm³/mol. The molecule has 1 aliphatic rings. The Morgan fingerprint density at radius 2 is 2.00 bits per heavy atom. The number of piperazine rings is 1. The highest BCUT2D eigenvalue weighted by atomic mass is 32.1. The maximum atomic E-state index is 4.60. The van der Waals surface area contributed by atoms with Crippen LogP contribution in [0.2, 0.25) is 0 Å². The quantitative estimate of drug-likeness (QED) is 0.496. The van der Waals surface area contributed by atoms with Gasteiger partial charge in [0.25, 0.3) is 0 Å². The summed E-state index contributed by atoms with van der Waals surface area (Å²) in [7, 11) is 1.82. The van der Waals surface area contributed by atoms with Gasteiger partial charge in [0.05, 0.1) is 18.4 Å². The summed E-state index contributed by atoms with van der Waals surface area (Å²) in [5, 5.41) is 4.45. The molecule has 1 fully saturated rings. The van der Waals surface area contributed by atoms with Crippen molar-refractivity contribution >= 4 is 22.6 Å². The molecule has 8 nitrogen and oxygen atoms in total. The summed E-state index contributed by atoms with van der Waals surface area (Å²) in [6.45, 7) is 6.31. The Morgan fingerprint density at radius 1 is 1.21 bits per heavy atom. The summed E-state index contributed by atoms with van der Waals surface area (Å²) in [5.74, 6) is 2.72. The molecule has 1 aromatic carbocycles. The molecular formula is C20H26N8S. The molecule has 0 atom stereocenters. The number of hydrogen-bond acceptors (Lipinski definition) is 6.